The fourth-order valence-corrected chi connectivity index (χ4v) is 2.72. The average molecular weight is 372 g/mol. The van der Waals surface area contributed by atoms with Gasteiger partial charge in [-0.2, -0.15) is 0 Å². The standard InChI is InChI=1S/C19H17FN2O5/c1-26-13-8-6-12(7-9-13)16-10-19(18(24)25,27-22-16)11-17(23)21-15-5-3-2-4-14(15)20/h2-9H,10-11H2,1H3,(H,21,23)(H,24,25). The summed E-state index contributed by atoms with van der Waals surface area (Å²) < 4.78 is 18.7. The van der Waals surface area contributed by atoms with E-state index in [2.05, 4.69) is 10.5 Å². The Morgan fingerprint density at radius 1 is 1.26 bits per heavy atom. The highest BCUT2D eigenvalue weighted by Gasteiger charge is 2.49. The largest absolute Gasteiger partial charge is 0.497 e. The van der Waals surface area contributed by atoms with Crippen molar-refractivity contribution in [3.05, 3.63) is 59.9 Å². The van der Waals surface area contributed by atoms with Crippen molar-refractivity contribution < 1.29 is 28.7 Å². The number of benzene rings is 2. The Labute approximate surface area is 154 Å². The van der Waals surface area contributed by atoms with Crippen molar-refractivity contribution in [3.63, 3.8) is 0 Å². The Kier molecular flexibility index (Phi) is 5.07. The molecule has 7 nitrogen and oxygen atoms in total. The predicted octanol–water partition coefficient (Wildman–Crippen LogP) is 2.81. The molecule has 140 valence electrons. The fraction of sp³-hybridized carbons (Fsp3) is 0.211. The van der Waals surface area contributed by atoms with Gasteiger partial charge < -0.3 is 20.0 Å². The minimum absolute atomic E-state index is 0.0302. The van der Waals surface area contributed by atoms with Crippen LogP contribution in [0.2, 0.25) is 0 Å². The first-order chi connectivity index (χ1) is 12.9. The molecule has 8 heteroatoms. The molecule has 1 aliphatic rings. The van der Waals surface area contributed by atoms with Gasteiger partial charge in [-0.3, -0.25) is 4.79 Å². The van der Waals surface area contributed by atoms with Gasteiger partial charge in [0, 0.05) is 6.42 Å². The average Bonchev–Trinajstić information content (AvgIpc) is 3.09. The van der Waals surface area contributed by atoms with Gasteiger partial charge in [0.05, 0.1) is 24.9 Å². The van der Waals surface area contributed by atoms with E-state index in [9.17, 15) is 19.1 Å². The molecule has 1 atom stereocenters. The van der Waals surface area contributed by atoms with Crippen molar-refractivity contribution in [1.82, 2.24) is 0 Å². The smallest absolute Gasteiger partial charge is 0.351 e. The summed E-state index contributed by atoms with van der Waals surface area (Å²) in [5.41, 5.74) is -0.811. The van der Waals surface area contributed by atoms with E-state index in [1.165, 1.54) is 25.3 Å². The molecule has 0 fully saturated rings. The van der Waals surface area contributed by atoms with Gasteiger partial charge >= 0.3 is 5.97 Å². The van der Waals surface area contributed by atoms with E-state index in [4.69, 9.17) is 9.57 Å². The van der Waals surface area contributed by atoms with Crippen LogP contribution in [0, 0.1) is 5.82 Å². The van der Waals surface area contributed by atoms with Crippen molar-refractivity contribution in [2.24, 2.45) is 5.16 Å². The topological polar surface area (TPSA) is 97.2 Å². The van der Waals surface area contributed by atoms with Crippen molar-refractivity contribution in [3.8, 4) is 5.75 Å². The van der Waals surface area contributed by atoms with Crippen molar-refractivity contribution in [1.29, 1.82) is 0 Å². The van der Waals surface area contributed by atoms with Crippen LogP contribution in [0.25, 0.3) is 0 Å². The number of anilines is 1. The van der Waals surface area contributed by atoms with Crippen LogP contribution in [-0.2, 0) is 14.4 Å². The highest BCUT2D eigenvalue weighted by Crippen LogP contribution is 2.31. The highest BCUT2D eigenvalue weighted by molar-refractivity contribution is 6.06. The zero-order valence-corrected chi connectivity index (χ0v) is 14.4. The Bertz CT molecular complexity index is 897. The summed E-state index contributed by atoms with van der Waals surface area (Å²) in [6.07, 6.45) is -0.612. The quantitative estimate of drug-likeness (QED) is 0.813. The molecule has 2 aromatic rings. The van der Waals surface area contributed by atoms with Crippen LogP contribution in [0.4, 0.5) is 10.1 Å². The number of methoxy groups -OCH3 is 1. The second-order valence-corrected chi connectivity index (χ2v) is 6.04. The van der Waals surface area contributed by atoms with E-state index in [1.807, 2.05) is 0 Å². The number of oxime groups is 1. The number of halogens is 1. The van der Waals surface area contributed by atoms with Gasteiger partial charge in [-0.25, -0.2) is 9.18 Å². The first-order valence-corrected chi connectivity index (χ1v) is 8.11. The molecule has 0 bridgehead atoms. The number of amides is 1. The molecule has 0 radical (unpaired) electrons. The normalized spacial score (nSPS) is 18.4. The third-order valence-electron chi connectivity index (χ3n) is 4.19. The van der Waals surface area contributed by atoms with Crippen LogP contribution in [0.5, 0.6) is 5.75 Å². The number of rotatable bonds is 6. The number of carbonyl (C=O) groups is 2. The summed E-state index contributed by atoms with van der Waals surface area (Å²) in [6.45, 7) is 0. The number of nitrogens with zero attached hydrogens (tertiary/aromatic N) is 1. The molecule has 1 amide bonds. The van der Waals surface area contributed by atoms with Crippen LogP contribution in [0.1, 0.15) is 18.4 Å². The van der Waals surface area contributed by atoms with Crippen molar-refractivity contribution >= 4 is 23.3 Å². The second kappa shape index (κ2) is 7.45. The van der Waals surface area contributed by atoms with E-state index >= 15 is 0 Å². The minimum Gasteiger partial charge on any atom is -0.497 e. The monoisotopic (exact) mass is 372 g/mol. The maximum absolute atomic E-state index is 13.7. The number of nitrogens with one attached hydrogen (secondary N) is 1. The van der Waals surface area contributed by atoms with Crippen LogP contribution < -0.4 is 10.1 Å². The zero-order chi connectivity index (χ0) is 19.4. The number of para-hydroxylation sites is 1. The van der Waals surface area contributed by atoms with E-state index in [1.54, 1.807) is 30.3 Å². The Morgan fingerprint density at radius 3 is 2.59 bits per heavy atom. The summed E-state index contributed by atoms with van der Waals surface area (Å²) in [7, 11) is 1.54. The lowest BCUT2D eigenvalue weighted by atomic mass is 9.90. The molecule has 0 aliphatic carbocycles. The van der Waals surface area contributed by atoms with Gasteiger partial charge in [-0.05, 0) is 42.0 Å². The minimum atomic E-state index is -1.84. The second-order valence-electron chi connectivity index (χ2n) is 6.04. The number of hydrogen-bond acceptors (Lipinski definition) is 5. The van der Waals surface area contributed by atoms with Gasteiger partial charge in [0.25, 0.3) is 0 Å². The molecule has 1 unspecified atom stereocenters. The van der Waals surface area contributed by atoms with E-state index in [0.717, 1.165) is 0 Å². The molecule has 2 N–H and O–H groups in total. The summed E-state index contributed by atoms with van der Waals surface area (Å²) in [5.74, 6) is -1.98. The molecule has 1 heterocycles. The Morgan fingerprint density at radius 2 is 1.96 bits per heavy atom. The number of carboxylic acids is 1. The lowest BCUT2D eigenvalue weighted by Crippen LogP contribution is -2.42. The molecular formula is C19H17FN2O5. The van der Waals surface area contributed by atoms with Gasteiger partial charge in [-0.1, -0.05) is 17.3 Å². The Hall–Kier alpha value is -3.42. The predicted molar refractivity (Wildman–Crippen MR) is 95.2 cm³/mol. The van der Waals surface area contributed by atoms with E-state index in [0.29, 0.717) is 17.0 Å². The lowest BCUT2D eigenvalue weighted by Gasteiger charge is -2.21. The summed E-state index contributed by atoms with van der Waals surface area (Å²) in [5, 5.41) is 15.8. The van der Waals surface area contributed by atoms with Crippen molar-refractivity contribution in [2.45, 2.75) is 18.4 Å². The van der Waals surface area contributed by atoms with E-state index in [-0.39, 0.29) is 12.1 Å². The number of carbonyl (C=O) groups excluding carboxylic acids is 1. The molecule has 27 heavy (non-hydrogen) atoms. The molecule has 0 aromatic heterocycles. The zero-order valence-electron chi connectivity index (χ0n) is 14.4. The Balaban J connectivity index is 1.73. The molecular weight excluding hydrogens is 355 g/mol. The molecule has 0 spiro atoms. The highest BCUT2D eigenvalue weighted by atomic mass is 19.1. The van der Waals surface area contributed by atoms with Gasteiger partial charge in [0.15, 0.2) is 0 Å². The molecule has 0 saturated carbocycles. The van der Waals surface area contributed by atoms with Crippen LogP contribution in [-0.4, -0.2) is 35.4 Å². The summed E-state index contributed by atoms with van der Waals surface area (Å²) >= 11 is 0. The molecule has 1 aliphatic heterocycles. The van der Waals surface area contributed by atoms with Gasteiger partial charge in [0.2, 0.25) is 11.5 Å². The van der Waals surface area contributed by atoms with Crippen LogP contribution >= 0.6 is 0 Å². The number of hydrogen-bond donors (Lipinski definition) is 2. The van der Waals surface area contributed by atoms with Crippen LogP contribution in [0.15, 0.2) is 53.7 Å². The van der Waals surface area contributed by atoms with Crippen LogP contribution in [0.3, 0.4) is 0 Å². The van der Waals surface area contributed by atoms with Gasteiger partial charge in [-0.15, -0.1) is 0 Å². The first-order valence-electron chi connectivity index (χ1n) is 8.11. The number of carboxylic acid groups (broad SMARTS) is 1. The number of ether oxygens (including phenoxy) is 1. The SMILES string of the molecule is COc1ccc(C2=NOC(CC(=O)Nc3ccccc3F)(C(=O)O)C2)cc1. The first kappa shape index (κ1) is 18.4. The molecule has 3 rings (SSSR count). The lowest BCUT2D eigenvalue weighted by molar-refractivity contribution is -0.165. The maximum Gasteiger partial charge on any atom is 0.351 e. The van der Waals surface area contributed by atoms with E-state index < -0.39 is 29.7 Å². The van der Waals surface area contributed by atoms with Crippen molar-refractivity contribution in [2.75, 3.05) is 12.4 Å². The fourth-order valence-electron chi connectivity index (χ4n) is 2.72. The summed E-state index contributed by atoms with van der Waals surface area (Å²) in [4.78, 5) is 29.2. The van der Waals surface area contributed by atoms with Gasteiger partial charge in [0.1, 0.15) is 11.6 Å². The maximum atomic E-state index is 13.7. The number of aliphatic carboxylic acids is 1. The third kappa shape index (κ3) is 3.89. The third-order valence-corrected chi connectivity index (χ3v) is 4.19. The molecule has 0 saturated heterocycles. The summed E-state index contributed by atoms with van der Waals surface area (Å²) in [6, 6.07) is 12.5. The molecule has 2 aromatic carbocycles.